The van der Waals surface area contributed by atoms with Crippen LogP contribution in [0.5, 0.6) is 0 Å². The molecule has 9 nitrogen and oxygen atoms in total. The quantitative estimate of drug-likeness (QED) is 0.239. The van der Waals surface area contributed by atoms with E-state index in [1.165, 1.54) is 0 Å². The highest BCUT2D eigenvalue weighted by Crippen LogP contribution is 2.82. The molecule has 7 bridgehead atoms. The molecule has 7 rings (SSSR count). The third-order valence-electron chi connectivity index (χ3n) is 16.1. The molecule has 0 aromatic heterocycles. The minimum atomic E-state index is -2.57. The molecule has 1 heterocycles. The Morgan fingerprint density at radius 3 is 2.22 bits per heavy atom. The first-order valence-corrected chi connectivity index (χ1v) is 22.0. The summed E-state index contributed by atoms with van der Waals surface area (Å²) in [5, 5.41) is 13.0. The molecule has 15 atom stereocenters. The fraction of sp³-hybridized carbons (Fsp3) is 0.825. The van der Waals surface area contributed by atoms with Crippen molar-refractivity contribution in [2.45, 2.75) is 127 Å². The number of likely N-dealkylation sites (tertiary alicyclic amines) is 1. The number of hydrogen-bond donors (Lipinski definition) is 1. The summed E-state index contributed by atoms with van der Waals surface area (Å²) < 4.78 is 41.6. The van der Waals surface area contributed by atoms with Crippen LogP contribution in [0.1, 0.15) is 71.2 Å². The molecule has 0 amide bonds. The lowest BCUT2D eigenvalue weighted by atomic mass is 9.40. The lowest BCUT2D eigenvalue weighted by Gasteiger charge is -2.71. The molecule has 5 saturated carbocycles. The predicted octanol–water partition coefficient (Wildman–Crippen LogP) is 5.80. The van der Waals surface area contributed by atoms with Crippen molar-refractivity contribution < 1.29 is 38.0 Å². The number of fused-ring (bicyclic) bond motifs is 2. The van der Waals surface area contributed by atoms with Crippen molar-refractivity contribution in [1.29, 1.82) is 0 Å². The second-order valence-electron chi connectivity index (χ2n) is 18.2. The second-order valence-corrected chi connectivity index (χ2v) is 22.9. The summed E-state index contributed by atoms with van der Waals surface area (Å²) in [4.78, 5) is 17.0. The highest BCUT2D eigenvalue weighted by molar-refractivity contribution is 6.74. The van der Waals surface area contributed by atoms with E-state index in [9.17, 15) is 9.90 Å². The van der Waals surface area contributed by atoms with E-state index in [0.717, 1.165) is 25.9 Å². The summed E-state index contributed by atoms with van der Waals surface area (Å²) in [5.74, 6) is -0.520. The van der Waals surface area contributed by atoms with Crippen molar-refractivity contribution in [2.24, 2.45) is 40.4 Å². The Morgan fingerprint density at radius 1 is 1.00 bits per heavy atom. The van der Waals surface area contributed by atoms with Gasteiger partial charge in [-0.2, -0.15) is 0 Å². The highest BCUT2D eigenvalue weighted by atomic mass is 28.4. The van der Waals surface area contributed by atoms with Crippen LogP contribution in [0.3, 0.4) is 0 Å². The first-order valence-electron chi connectivity index (χ1n) is 19.1. The lowest BCUT2D eigenvalue weighted by molar-refractivity contribution is -0.320. The van der Waals surface area contributed by atoms with E-state index in [2.05, 4.69) is 59.5 Å². The van der Waals surface area contributed by atoms with Crippen LogP contribution in [0.4, 0.5) is 0 Å². The van der Waals surface area contributed by atoms with E-state index in [-0.39, 0.29) is 57.8 Å². The van der Waals surface area contributed by atoms with E-state index < -0.39 is 43.8 Å². The van der Waals surface area contributed by atoms with Crippen LogP contribution in [-0.2, 0) is 28.1 Å². The maximum Gasteiger partial charge on any atom is 0.338 e. The molecule has 1 aromatic rings. The third kappa shape index (κ3) is 4.22. The summed E-state index contributed by atoms with van der Waals surface area (Å²) in [6, 6.07) is 9.26. The first kappa shape index (κ1) is 37.0. The zero-order valence-electron chi connectivity index (χ0n) is 32.5. The van der Waals surface area contributed by atoms with Crippen molar-refractivity contribution in [1.82, 2.24) is 4.90 Å². The molecule has 1 spiro atoms. The van der Waals surface area contributed by atoms with Gasteiger partial charge in [0, 0.05) is 64.2 Å². The van der Waals surface area contributed by atoms with Crippen molar-refractivity contribution in [3.05, 3.63) is 35.9 Å². The highest BCUT2D eigenvalue weighted by Gasteiger charge is 2.91. The van der Waals surface area contributed by atoms with Crippen molar-refractivity contribution in [3.63, 3.8) is 0 Å². The molecule has 5 aliphatic carbocycles. The number of aliphatic hydroxyl groups excluding tert-OH is 1. The molecule has 50 heavy (non-hydrogen) atoms. The van der Waals surface area contributed by atoms with E-state index in [0.29, 0.717) is 17.9 Å². The van der Waals surface area contributed by atoms with Gasteiger partial charge in [0.05, 0.1) is 17.8 Å². The fourth-order valence-electron chi connectivity index (χ4n) is 13.5. The van der Waals surface area contributed by atoms with Gasteiger partial charge in [0.1, 0.15) is 29.5 Å². The summed E-state index contributed by atoms with van der Waals surface area (Å²) in [6.45, 7) is 20.1. The average Bonchev–Trinajstić information content (AvgIpc) is 3.46. The molecule has 1 aromatic carbocycles. The Morgan fingerprint density at radius 2 is 1.68 bits per heavy atom. The van der Waals surface area contributed by atoms with E-state index in [4.69, 9.17) is 28.1 Å². The third-order valence-corrected chi connectivity index (χ3v) is 20.6. The molecular formula is C40H63NO8Si. The standard InChI is InChI=1S/C40H63NO8Si/c1-13-37-22-41(14-2)31-28-29(45-8)30(37)39(31,26(44-7)20-23(37)3)25-21-38(49-50(11,12)36(4,5)6)33(48-35(43)24-18-16-15-17-19-24)27(25)40(28,47-10)32(42)34(38)46-9/h15-19,23,25-34,42H,13-14,20-22H2,1-12H3/t23-,25+,26+,27?,28?,29?,30?,31?,32+,33-,34+,37?,38-,39?,40-/m1/s1. The number of carbonyl (C=O) groups excluding carboxylic acids is 1. The number of benzene rings is 1. The zero-order valence-corrected chi connectivity index (χ0v) is 33.5. The molecule has 280 valence electrons. The largest absolute Gasteiger partial charge is 0.455 e. The summed E-state index contributed by atoms with van der Waals surface area (Å²) in [7, 11) is 4.56. The van der Waals surface area contributed by atoms with Gasteiger partial charge in [-0.15, -0.1) is 0 Å². The number of esters is 1. The van der Waals surface area contributed by atoms with Gasteiger partial charge in [-0.05, 0) is 73.3 Å². The van der Waals surface area contributed by atoms with Gasteiger partial charge in [-0.25, -0.2) is 4.79 Å². The Balaban J connectivity index is 1.55. The van der Waals surface area contributed by atoms with Gasteiger partial charge in [-0.3, -0.25) is 4.90 Å². The Kier molecular flexibility index (Phi) is 8.92. The van der Waals surface area contributed by atoms with Gasteiger partial charge < -0.3 is 33.2 Å². The number of rotatable bonds is 10. The van der Waals surface area contributed by atoms with Gasteiger partial charge in [0.15, 0.2) is 8.32 Å². The molecular weight excluding hydrogens is 651 g/mol. The van der Waals surface area contributed by atoms with Gasteiger partial charge >= 0.3 is 5.97 Å². The van der Waals surface area contributed by atoms with Crippen molar-refractivity contribution >= 4 is 14.3 Å². The van der Waals surface area contributed by atoms with E-state index >= 15 is 0 Å². The monoisotopic (exact) mass is 713 g/mol. The zero-order chi connectivity index (χ0) is 36.4. The average molecular weight is 714 g/mol. The number of methoxy groups -OCH3 is 4. The van der Waals surface area contributed by atoms with Crippen LogP contribution in [0.15, 0.2) is 30.3 Å². The predicted molar refractivity (Wildman–Crippen MR) is 193 cm³/mol. The number of piperidine rings is 1. The smallest absolute Gasteiger partial charge is 0.338 e. The number of hydrogen-bond acceptors (Lipinski definition) is 9. The molecule has 1 aliphatic heterocycles. The first-order chi connectivity index (χ1) is 23.6. The van der Waals surface area contributed by atoms with E-state index in [1.807, 2.05) is 32.4 Å². The fourth-order valence-corrected chi connectivity index (χ4v) is 15.0. The lowest BCUT2D eigenvalue weighted by Crippen LogP contribution is -2.81. The summed E-state index contributed by atoms with van der Waals surface area (Å²) >= 11 is 0. The maximum atomic E-state index is 14.3. The number of ether oxygens (including phenoxy) is 5. The molecule has 1 saturated heterocycles. The summed E-state index contributed by atoms with van der Waals surface area (Å²) in [6.07, 6.45) is -0.327. The molecule has 0 radical (unpaired) electrons. The van der Waals surface area contributed by atoms with Crippen molar-refractivity contribution in [2.75, 3.05) is 41.5 Å². The van der Waals surface area contributed by atoms with Crippen LogP contribution < -0.4 is 0 Å². The second kappa shape index (κ2) is 12.1. The number of aliphatic hydroxyl groups is 1. The Labute approximate surface area is 301 Å². The van der Waals surface area contributed by atoms with Crippen LogP contribution in [-0.4, -0.2) is 114 Å². The number of nitrogens with zero attached hydrogens (tertiary/aromatic N) is 1. The minimum absolute atomic E-state index is 0.0279. The Hall–Kier alpha value is -1.37. The molecule has 6 fully saturated rings. The van der Waals surface area contributed by atoms with Crippen LogP contribution in [0, 0.1) is 40.4 Å². The van der Waals surface area contributed by atoms with Crippen LogP contribution in [0.25, 0.3) is 0 Å². The van der Waals surface area contributed by atoms with Crippen LogP contribution in [0.2, 0.25) is 18.1 Å². The van der Waals surface area contributed by atoms with Crippen molar-refractivity contribution in [3.8, 4) is 0 Å². The topological polar surface area (TPSA) is 95.9 Å². The molecule has 10 heteroatoms. The molecule has 1 N–H and O–H groups in total. The van der Waals surface area contributed by atoms with Gasteiger partial charge in [-0.1, -0.05) is 59.7 Å². The molecule has 7 unspecified atom stereocenters. The van der Waals surface area contributed by atoms with E-state index in [1.54, 1.807) is 26.4 Å². The SMILES string of the molecule is CCN1CC2(CC)C3C(OC)C4C1C3([C@@H](OC)C[C@H]2C)[C@H]1C[C@@]2(O[Si](C)(C)C(C)(C)C)[C@H](OC(=O)c3ccccc3)C1[C@]4(OC)[C@@H](O)[C@@H]2OC. The normalized spacial score (nSPS) is 47.7. The Bertz CT molecular complexity index is 1450. The minimum Gasteiger partial charge on any atom is -0.455 e. The molecule has 6 aliphatic rings. The van der Waals surface area contributed by atoms with Gasteiger partial charge in [0.25, 0.3) is 0 Å². The summed E-state index contributed by atoms with van der Waals surface area (Å²) in [5.41, 5.74) is -2.15. The number of carbonyl (C=O) groups is 1. The van der Waals surface area contributed by atoms with Gasteiger partial charge in [0.2, 0.25) is 0 Å². The van der Waals surface area contributed by atoms with Crippen LogP contribution >= 0.6 is 0 Å². The maximum absolute atomic E-state index is 14.3.